The molecule has 0 saturated carbocycles. The van der Waals surface area contributed by atoms with E-state index in [2.05, 4.69) is 20.3 Å². The molecule has 3 aromatic heterocycles. The quantitative estimate of drug-likeness (QED) is 0.284. The van der Waals surface area contributed by atoms with Gasteiger partial charge in [0.2, 0.25) is 11.7 Å². The van der Waals surface area contributed by atoms with Crippen molar-refractivity contribution in [2.45, 2.75) is 33.3 Å². The maximum atomic E-state index is 12.2. The lowest BCUT2D eigenvalue weighted by Gasteiger charge is -2.07. The van der Waals surface area contributed by atoms with Gasteiger partial charge in [0.1, 0.15) is 18.1 Å². The Morgan fingerprint density at radius 2 is 1.91 bits per heavy atom. The molecule has 9 nitrogen and oxygen atoms in total. The number of esters is 1. The summed E-state index contributed by atoms with van der Waals surface area (Å²) >= 11 is 0. The van der Waals surface area contributed by atoms with Gasteiger partial charge < -0.3 is 18.5 Å². The fraction of sp³-hybridized carbons (Fsp3) is 0.261. The van der Waals surface area contributed by atoms with Crippen molar-refractivity contribution in [2.24, 2.45) is 0 Å². The van der Waals surface area contributed by atoms with E-state index in [0.717, 1.165) is 22.6 Å². The molecule has 0 fully saturated rings. The van der Waals surface area contributed by atoms with Crippen LogP contribution in [0.2, 0.25) is 0 Å². The van der Waals surface area contributed by atoms with E-state index in [0.29, 0.717) is 42.5 Å². The van der Waals surface area contributed by atoms with Crippen LogP contribution in [-0.2, 0) is 17.8 Å². The number of aromatic nitrogens is 4. The predicted molar refractivity (Wildman–Crippen MR) is 113 cm³/mol. The molecule has 0 atom stereocenters. The Hall–Kier alpha value is -4.01. The second-order valence-corrected chi connectivity index (χ2v) is 7.11. The summed E-state index contributed by atoms with van der Waals surface area (Å²) < 4.78 is 21.4. The number of benzene rings is 1. The minimum absolute atomic E-state index is 0.244. The summed E-state index contributed by atoms with van der Waals surface area (Å²) in [7, 11) is 0. The Morgan fingerprint density at radius 3 is 2.62 bits per heavy atom. The molecule has 0 N–H and O–H groups in total. The second-order valence-electron chi connectivity index (χ2n) is 7.11. The van der Waals surface area contributed by atoms with Crippen LogP contribution < -0.4 is 4.74 Å². The normalized spacial score (nSPS) is 10.8. The lowest BCUT2D eigenvalue weighted by Crippen LogP contribution is -2.07. The number of ether oxygens (including phenoxy) is 2. The van der Waals surface area contributed by atoms with E-state index in [9.17, 15) is 4.79 Å². The number of pyridine rings is 1. The van der Waals surface area contributed by atoms with E-state index in [1.165, 1.54) is 0 Å². The van der Waals surface area contributed by atoms with Gasteiger partial charge in [0.05, 0.1) is 23.4 Å². The third kappa shape index (κ3) is 5.18. The van der Waals surface area contributed by atoms with Gasteiger partial charge in [-0.25, -0.2) is 4.79 Å². The van der Waals surface area contributed by atoms with Crippen molar-refractivity contribution in [2.75, 3.05) is 6.61 Å². The fourth-order valence-corrected chi connectivity index (χ4v) is 2.99. The molecule has 3 heterocycles. The Balaban J connectivity index is 1.21. The van der Waals surface area contributed by atoms with Gasteiger partial charge >= 0.3 is 5.97 Å². The lowest BCUT2D eigenvalue weighted by atomic mass is 10.2. The first-order chi connectivity index (χ1) is 15.6. The third-order valence-corrected chi connectivity index (χ3v) is 4.81. The summed E-state index contributed by atoms with van der Waals surface area (Å²) in [5.41, 5.74) is 2.96. The summed E-state index contributed by atoms with van der Waals surface area (Å²) in [6.45, 7) is 4.30. The number of hydrogen-bond acceptors (Lipinski definition) is 9. The number of hydrogen-bond donors (Lipinski definition) is 0. The molecule has 0 amide bonds. The van der Waals surface area contributed by atoms with E-state index in [1.807, 2.05) is 26.0 Å². The molecular weight excluding hydrogens is 412 g/mol. The van der Waals surface area contributed by atoms with Crippen LogP contribution >= 0.6 is 0 Å². The molecule has 4 rings (SSSR count). The monoisotopic (exact) mass is 434 g/mol. The number of aryl methyl sites for hydroxylation is 3. The van der Waals surface area contributed by atoms with Crippen molar-refractivity contribution in [1.29, 1.82) is 0 Å². The lowest BCUT2D eigenvalue weighted by molar-refractivity contribution is 0.0498. The number of carbonyl (C=O) groups is 1. The van der Waals surface area contributed by atoms with E-state index >= 15 is 0 Å². The highest BCUT2D eigenvalue weighted by molar-refractivity contribution is 5.89. The van der Waals surface area contributed by atoms with Crippen molar-refractivity contribution in [3.05, 3.63) is 77.3 Å². The van der Waals surface area contributed by atoms with Crippen LogP contribution in [0.5, 0.6) is 5.75 Å². The maximum Gasteiger partial charge on any atom is 0.338 e. The van der Waals surface area contributed by atoms with E-state index in [-0.39, 0.29) is 6.61 Å². The molecule has 0 unspecified atom stereocenters. The minimum atomic E-state index is -0.399. The fourth-order valence-electron chi connectivity index (χ4n) is 2.99. The van der Waals surface area contributed by atoms with Crippen molar-refractivity contribution in [3.8, 4) is 17.1 Å². The van der Waals surface area contributed by atoms with Crippen LogP contribution in [0.25, 0.3) is 11.4 Å². The van der Waals surface area contributed by atoms with Crippen molar-refractivity contribution >= 4 is 5.97 Å². The molecule has 164 valence electrons. The van der Waals surface area contributed by atoms with Crippen LogP contribution in [0, 0.1) is 13.8 Å². The van der Waals surface area contributed by atoms with Crippen LogP contribution in [0.15, 0.2) is 57.8 Å². The zero-order valence-corrected chi connectivity index (χ0v) is 17.8. The van der Waals surface area contributed by atoms with Gasteiger partial charge in [-0.05, 0) is 56.7 Å². The van der Waals surface area contributed by atoms with Gasteiger partial charge in [-0.1, -0.05) is 10.3 Å². The largest absolute Gasteiger partial charge is 0.489 e. The van der Waals surface area contributed by atoms with Crippen LogP contribution in [0.4, 0.5) is 0 Å². The molecule has 0 radical (unpaired) electrons. The van der Waals surface area contributed by atoms with Crippen LogP contribution in [-0.4, -0.2) is 32.9 Å². The maximum absolute atomic E-state index is 12.2. The van der Waals surface area contributed by atoms with Crippen molar-refractivity contribution in [1.82, 2.24) is 20.3 Å². The standard InChI is InChI=1S/C23H22N4O5/c1-15-20(16(2)31-26-15)14-30-19-9-7-17(8-10-19)23(28)29-12-4-6-21-25-22(27-32-21)18-5-3-11-24-13-18/h3,5,7-11,13H,4,6,12,14H2,1-2H3. The van der Waals surface area contributed by atoms with Crippen molar-refractivity contribution in [3.63, 3.8) is 0 Å². The molecule has 0 aliphatic heterocycles. The third-order valence-electron chi connectivity index (χ3n) is 4.81. The highest BCUT2D eigenvalue weighted by Gasteiger charge is 2.12. The molecule has 0 bridgehead atoms. The summed E-state index contributed by atoms with van der Waals surface area (Å²) in [6.07, 6.45) is 4.43. The van der Waals surface area contributed by atoms with E-state index < -0.39 is 5.97 Å². The highest BCUT2D eigenvalue weighted by Crippen LogP contribution is 2.18. The van der Waals surface area contributed by atoms with E-state index in [4.69, 9.17) is 18.5 Å². The van der Waals surface area contributed by atoms with Gasteiger partial charge in [-0.3, -0.25) is 4.98 Å². The molecule has 32 heavy (non-hydrogen) atoms. The number of carbonyl (C=O) groups excluding carboxylic acids is 1. The Morgan fingerprint density at radius 1 is 1.06 bits per heavy atom. The molecule has 4 aromatic rings. The molecule has 0 aliphatic carbocycles. The second kappa shape index (κ2) is 9.86. The zero-order valence-electron chi connectivity index (χ0n) is 17.8. The van der Waals surface area contributed by atoms with Crippen molar-refractivity contribution < 1.29 is 23.3 Å². The van der Waals surface area contributed by atoms with Gasteiger partial charge in [0, 0.05) is 24.4 Å². The average Bonchev–Trinajstić information content (AvgIpc) is 3.42. The summed E-state index contributed by atoms with van der Waals surface area (Å²) in [4.78, 5) is 20.6. The first-order valence-corrected chi connectivity index (χ1v) is 10.1. The zero-order chi connectivity index (χ0) is 22.3. The number of nitrogens with zero attached hydrogens (tertiary/aromatic N) is 4. The topological polar surface area (TPSA) is 113 Å². The Labute approximate surface area is 184 Å². The Bertz CT molecular complexity index is 1150. The molecule has 1 aromatic carbocycles. The summed E-state index contributed by atoms with van der Waals surface area (Å²) in [6, 6.07) is 10.5. The smallest absolute Gasteiger partial charge is 0.338 e. The van der Waals surface area contributed by atoms with Gasteiger partial charge in [-0.15, -0.1) is 0 Å². The van der Waals surface area contributed by atoms with E-state index in [1.54, 1.807) is 36.7 Å². The minimum Gasteiger partial charge on any atom is -0.489 e. The molecule has 9 heteroatoms. The summed E-state index contributed by atoms with van der Waals surface area (Å²) in [5.74, 6) is 1.95. The molecule has 0 spiro atoms. The van der Waals surface area contributed by atoms with Crippen LogP contribution in [0.3, 0.4) is 0 Å². The first-order valence-electron chi connectivity index (χ1n) is 10.1. The predicted octanol–water partition coefficient (Wildman–Crippen LogP) is 4.11. The number of rotatable bonds is 9. The van der Waals surface area contributed by atoms with Gasteiger partial charge in [0.15, 0.2) is 0 Å². The molecule has 0 aliphatic rings. The average molecular weight is 434 g/mol. The summed E-state index contributed by atoms with van der Waals surface area (Å²) in [5, 5.41) is 7.85. The highest BCUT2D eigenvalue weighted by atomic mass is 16.5. The first kappa shape index (κ1) is 21.2. The SMILES string of the molecule is Cc1noc(C)c1COc1ccc(C(=O)OCCCc2nc(-c3cccnc3)no2)cc1. The van der Waals surface area contributed by atoms with Crippen LogP contribution in [0.1, 0.15) is 39.7 Å². The van der Waals surface area contributed by atoms with Gasteiger partial charge in [-0.2, -0.15) is 4.98 Å². The van der Waals surface area contributed by atoms with Gasteiger partial charge in [0.25, 0.3) is 0 Å². The molecular formula is C23H22N4O5. The Kier molecular flexibility index (Phi) is 6.54. The molecule has 0 saturated heterocycles.